The topological polar surface area (TPSA) is 141 Å². The summed E-state index contributed by atoms with van der Waals surface area (Å²) in [6.45, 7) is 21.9. The Morgan fingerprint density at radius 2 is 1.76 bits per heavy atom. The van der Waals surface area contributed by atoms with E-state index in [-0.39, 0.29) is 23.8 Å². The third-order valence-electron chi connectivity index (χ3n) is 9.27. The maximum Gasteiger partial charge on any atom is 0.410 e. The smallest absolute Gasteiger partial charge is 0.410 e. The summed E-state index contributed by atoms with van der Waals surface area (Å²) in [6, 6.07) is 9.66. The summed E-state index contributed by atoms with van der Waals surface area (Å²) in [4.78, 5) is 38.0. The van der Waals surface area contributed by atoms with Gasteiger partial charge in [0.25, 0.3) is 0 Å². The molecule has 14 heteroatoms. The maximum atomic E-state index is 12.9. The van der Waals surface area contributed by atoms with Crippen LogP contribution >= 0.6 is 0 Å². The number of methoxy groups -OCH3 is 1. The Kier molecular flexibility index (Phi) is 12.4. The lowest BCUT2D eigenvalue weighted by molar-refractivity contribution is 0.0172. The van der Waals surface area contributed by atoms with E-state index in [2.05, 4.69) is 44.3 Å². The Bertz CT molecular complexity index is 1640. The second kappa shape index (κ2) is 16.0. The molecule has 0 saturated carbocycles. The molecular formula is C37H56N6O7Si. The van der Waals surface area contributed by atoms with Gasteiger partial charge in [-0.05, 0) is 77.7 Å². The van der Waals surface area contributed by atoms with Crippen molar-refractivity contribution in [3.8, 4) is 28.4 Å². The third kappa shape index (κ3) is 10.7. The minimum Gasteiger partial charge on any atom is -0.491 e. The molecule has 1 aliphatic rings. The fourth-order valence-electron chi connectivity index (χ4n) is 5.52. The quantitative estimate of drug-likeness (QED) is 0.195. The number of carbonyl (C=O) groups is 2. The fourth-order valence-corrected chi connectivity index (χ4v) is 6.85. The van der Waals surface area contributed by atoms with Crippen molar-refractivity contribution in [3.05, 3.63) is 41.8 Å². The van der Waals surface area contributed by atoms with E-state index in [9.17, 15) is 9.59 Å². The van der Waals surface area contributed by atoms with E-state index in [1.54, 1.807) is 16.8 Å². The first kappa shape index (κ1) is 39.6. The van der Waals surface area contributed by atoms with E-state index in [0.29, 0.717) is 48.5 Å². The average molecular weight is 725 g/mol. The zero-order valence-electron chi connectivity index (χ0n) is 32.4. The number of aryl methyl sites for hydroxylation is 2. The molecule has 280 valence electrons. The minimum absolute atomic E-state index is 0.0384. The number of hydrogen-bond donors (Lipinski definition) is 1. The number of aromatic nitrogens is 3. The highest BCUT2D eigenvalue weighted by Gasteiger charge is 2.40. The molecular weight excluding hydrogens is 669 g/mol. The highest BCUT2D eigenvalue weighted by molar-refractivity contribution is 6.74. The molecule has 1 atom stereocenters. The standard InChI is InChI=1S/C37H56N6O7Si/c1-24-32(25(2)49-41-24)30-21-31(38-27-16-18-43(19-17-27)35(45)46-10)40-33(39-30)26-14-13-15-28(20-26)47-23-29(50-51(11,12)37(6,7)8)22-42(9)34(44)48-36(3,4)5/h13-15,20-21,27,29H,16-19,22-23H2,1-12H3,(H,38,39,40)/t29-/m1/s1. The van der Waals surface area contributed by atoms with Gasteiger partial charge in [0.15, 0.2) is 14.1 Å². The van der Waals surface area contributed by atoms with Crippen LogP contribution in [0, 0.1) is 13.8 Å². The molecule has 1 aromatic carbocycles. The van der Waals surface area contributed by atoms with Crippen LogP contribution in [0.1, 0.15) is 65.8 Å². The van der Waals surface area contributed by atoms with E-state index in [4.69, 9.17) is 33.1 Å². The number of likely N-dealkylation sites (N-methyl/N-ethyl adjacent to an activating group) is 1. The summed E-state index contributed by atoms with van der Waals surface area (Å²) < 4.78 is 29.1. The fraction of sp³-hybridized carbons (Fsp3) is 0.595. The summed E-state index contributed by atoms with van der Waals surface area (Å²) in [5, 5.41) is 7.68. The van der Waals surface area contributed by atoms with Gasteiger partial charge in [-0.25, -0.2) is 19.6 Å². The van der Waals surface area contributed by atoms with Crippen molar-refractivity contribution in [2.24, 2.45) is 0 Å². The van der Waals surface area contributed by atoms with Gasteiger partial charge in [0.1, 0.15) is 29.5 Å². The van der Waals surface area contributed by atoms with Crippen molar-refractivity contribution < 1.29 is 32.7 Å². The first-order chi connectivity index (χ1) is 23.8. The molecule has 3 aromatic rings. The van der Waals surface area contributed by atoms with E-state index in [0.717, 1.165) is 29.7 Å². The van der Waals surface area contributed by atoms with Crippen LogP contribution in [0.15, 0.2) is 34.9 Å². The molecule has 0 unspecified atom stereocenters. The lowest BCUT2D eigenvalue weighted by Gasteiger charge is -2.40. The van der Waals surface area contributed by atoms with Crippen molar-refractivity contribution in [3.63, 3.8) is 0 Å². The summed E-state index contributed by atoms with van der Waals surface area (Å²) in [5.41, 5.74) is 2.38. The molecule has 0 aliphatic carbocycles. The molecule has 2 aromatic heterocycles. The van der Waals surface area contributed by atoms with Gasteiger partial charge in [-0.1, -0.05) is 38.1 Å². The molecule has 4 rings (SSSR count). The van der Waals surface area contributed by atoms with Crippen LogP contribution in [0.25, 0.3) is 22.6 Å². The number of benzene rings is 1. The van der Waals surface area contributed by atoms with E-state index in [1.807, 2.05) is 65.0 Å². The van der Waals surface area contributed by atoms with E-state index in [1.165, 1.54) is 7.11 Å². The number of hydrogen-bond acceptors (Lipinski definition) is 11. The highest BCUT2D eigenvalue weighted by atomic mass is 28.4. The van der Waals surface area contributed by atoms with Crippen molar-refractivity contribution in [1.29, 1.82) is 0 Å². The van der Waals surface area contributed by atoms with Gasteiger partial charge >= 0.3 is 12.2 Å². The van der Waals surface area contributed by atoms with Crippen molar-refractivity contribution in [2.45, 2.75) is 104 Å². The molecule has 1 fully saturated rings. The molecule has 2 amide bonds. The molecule has 13 nitrogen and oxygen atoms in total. The van der Waals surface area contributed by atoms with Crippen LogP contribution in [-0.4, -0.2) is 104 Å². The van der Waals surface area contributed by atoms with Gasteiger partial charge in [0.2, 0.25) is 0 Å². The Morgan fingerprint density at radius 3 is 2.35 bits per heavy atom. The van der Waals surface area contributed by atoms with Crippen molar-refractivity contribution in [2.75, 3.05) is 45.7 Å². The number of rotatable bonds is 11. The summed E-state index contributed by atoms with van der Waals surface area (Å²) in [7, 11) is 0.896. The van der Waals surface area contributed by atoms with Gasteiger partial charge in [-0.15, -0.1) is 0 Å². The van der Waals surface area contributed by atoms with E-state index < -0.39 is 26.1 Å². The molecule has 1 aliphatic heterocycles. The summed E-state index contributed by atoms with van der Waals surface area (Å²) in [5.74, 6) is 2.44. The number of nitrogens with zero attached hydrogens (tertiary/aromatic N) is 5. The van der Waals surface area contributed by atoms with Crippen LogP contribution in [0.4, 0.5) is 15.4 Å². The highest BCUT2D eigenvalue weighted by Crippen LogP contribution is 2.38. The second-order valence-electron chi connectivity index (χ2n) is 15.7. The number of amides is 2. The predicted molar refractivity (Wildman–Crippen MR) is 199 cm³/mol. The van der Waals surface area contributed by atoms with Crippen LogP contribution in [-0.2, 0) is 13.9 Å². The Morgan fingerprint density at radius 1 is 1.08 bits per heavy atom. The molecule has 3 heterocycles. The Hall–Kier alpha value is -4.17. The number of ether oxygens (including phenoxy) is 3. The van der Waals surface area contributed by atoms with Crippen LogP contribution in [0.3, 0.4) is 0 Å². The molecule has 1 N–H and O–H groups in total. The zero-order valence-corrected chi connectivity index (χ0v) is 33.4. The lowest BCUT2D eigenvalue weighted by atomic mass is 10.1. The predicted octanol–water partition coefficient (Wildman–Crippen LogP) is 7.69. The van der Waals surface area contributed by atoms with Crippen LogP contribution in [0.2, 0.25) is 18.1 Å². The van der Waals surface area contributed by atoms with Gasteiger partial charge < -0.3 is 38.3 Å². The second-order valence-corrected chi connectivity index (χ2v) is 20.5. The monoisotopic (exact) mass is 724 g/mol. The normalized spacial score (nSPS) is 14.9. The Labute approximate surface area is 303 Å². The Balaban J connectivity index is 1.59. The number of likely N-dealkylation sites (tertiary alicyclic amines) is 1. The number of piperidine rings is 1. The number of nitrogens with one attached hydrogen (secondary N) is 1. The van der Waals surface area contributed by atoms with Crippen LogP contribution in [0.5, 0.6) is 5.75 Å². The van der Waals surface area contributed by atoms with Crippen molar-refractivity contribution >= 4 is 26.3 Å². The third-order valence-corrected chi connectivity index (χ3v) is 13.8. The maximum absolute atomic E-state index is 12.9. The zero-order chi connectivity index (χ0) is 37.7. The molecule has 0 bridgehead atoms. The molecule has 1 saturated heterocycles. The average Bonchev–Trinajstić information content (AvgIpc) is 3.39. The first-order valence-electron chi connectivity index (χ1n) is 17.5. The van der Waals surface area contributed by atoms with E-state index >= 15 is 0 Å². The van der Waals surface area contributed by atoms with Gasteiger partial charge in [0, 0.05) is 37.8 Å². The molecule has 51 heavy (non-hydrogen) atoms. The number of anilines is 1. The SMILES string of the molecule is COC(=O)N1CCC(Nc2cc(-c3c(C)noc3C)nc(-c3cccc(OC[C@@H](CN(C)C(=O)OC(C)(C)C)O[Si](C)(C)C(C)(C)C)c3)n2)CC1. The van der Waals surface area contributed by atoms with Crippen LogP contribution < -0.4 is 10.1 Å². The largest absolute Gasteiger partial charge is 0.491 e. The molecule has 0 radical (unpaired) electrons. The summed E-state index contributed by atoms with van der Waals surface area (Å²) in [6.07, 6.45) is 0.377. The van der Waals surface area contributed by atoms with Gasteiger partial charge in [-0.3, -0.25) is 0 Å². The summed E-state index contributed by atoms with van der Waals surface area (Å²) >= 11 is 0. The molecule has 0 spiro atoms. The number of carbonyl (C=O) groups excluding carboxylic acids is 2. The van der Waals surface area contributed by atoms with Gasteiger partial charge in [-0.2, -0.15) is 0 Å². The van der Waals surface area contributed by atoms with Gasteiger partial charge in [0.05, 0.1) is 36.7 Å². The minimum atomic E-state index is -2.22. The first-order valence-corrected chi connectivity index (χ1v) is 20.4. The lowest BCUT2D eigenvalue weighted by Crippen LogP contribution is -2.49. The van der Waals surface area contributed by atoms with Crippen molar-refractivity contribution in [1.82, 2.24) is 24.9 Å².